The molecule has 0 aliphatic heterocycles. The number of thiophene rings is 1. The van der Waals surface area contributed by atoms with Crippen molar-refractivity contribution in [2.45, 2.75) is 0 Å². The second kappa shape index (κ2) is 9.92. The van der Waals surface area contributed by atoms with Gasteiger partial charge in [0.15, 0.2) is 13.2 Å². The molecule has 0 spiro atoms. The summed E-state index contributed by atoms with van der Waals surface area (Å²) < 4.78 is 10.3. The fraction of sp³-hybridized carbons (Fsp3) is 0.0952. The van der Waals surface area contributed by atoms with E-state index in [0.29, 0.717) is 16.3 Å². The van der Waals surface area contributed by atoms with Crippen LogP contribution in [0.4, 0.5) is 16.4 Å². The van der Waals surface area contributed by atoms with Crippen molar-refractivity contribution < 1.29 is 19.1 Å². The van der Waals surface area contributed by atoms with Crippen molar-refractivity contribution in [1.29, 1.82) is 5.26 Å². The SMILES string of the molecule is N#Cc1ccsc1NC(=O)COC(=O)COc1ccc(Nc2ccccc2)cc1. The van der Waals surface area contributed by atoms with E-state index in [2.05, 4.69) is 10.6 Å². The molecule has 0 saturated carbocycles. The second-order valence-electron chi connectivity index (χ2n) is 5.79. The Labute approximate surface area is 171 Å². The molecule has 0 fully saturated rings. The van der Waals surface area contributed by atoms with E-state index in [-0.39, 0.29) is 6.61 Å². The molecule has 1 heterocycles. The predicted octanol–water partition coefficient (Wildman–Crippen LogP) is 3.92. The Morgan fingerprint density at radius 2 is 1.69 bits per heavy atom. The normalized spacial score (nSPS) is 9.90. The van der Waals surface area contributed by atoms with Gasteiger partial charge in [0.2, 0.25) is 0 Å². The number of nitrogens with one attached hydrogen (secondary N) is 2. The van der Waals surface area contributed by atoms with Crippen LogP contribution in [-0.4, -0.2) is 25.1 Å². The van der Waals surface area contributed by atoms with Gasteiger partial charge in [-0.05, 0) is 47.8 Å². The van der Waals surface area contributed by atoms with E-state index < -0.39 is 18.5 Å². The maximum atomic E-state index is 11.8. The number of benzene rings is 2. The summed E-state index contributed by atoms with van der Waals surface area (Å²) in [6, 6.07) is 20.4. The summed E-state index contributed by atoms with van der Waals surface area (Å²) in [6.45, 7) is -0.772. The molecule has 2 aromatic carbocycles. The number of nitriles is 1. The predicted molar refractivity (Wildman–Crippen MR) is 110 cm³/mol. The molecule has 0 unspecified atom stereocenters. The molecule has 29 heavy (non-hydrogen) atoms. The molecule has 1 amide bonds. The first-order chi connectivity index (χ1) is 14.1. The molecule has 7 nitrogen and oxygen atoms in total. The van der Waals surface area contributed by atoms with Gasteiger partial charge in [-0.15, -0.1) is 11.3 Å². The second-order valence-corrected chi connectivity index (χ2v) is 6.70. The number of amides is 1. The van der Waals surface area contributed by atoms with Crippen LogP contribution < -0.4 is 15.4 Å². The summed E-state index contributed by atoms with van der Waals surface area (Å²) in [6.07, 6.45) is 0. The molecule has 0 aliphatic carbocycles. The van der Waals surface area contributed by atoms with Crippen molar-refractivity contribution in [3.05, 3.63) is 71.6 Å². The van der Waals surface area contributed by atoms with Gasteiger partial charge in [0.1, 0.15) is 16.8 Å². The first-order valence-electron chi connectivity index (χ1n) is 8.62. The highest BCUT2D eigenvalue weighted by molar-refractivity contribution is 7.14. The number of anilines is 3. The quantitative estimate of drug-likeness (QED) is 0.549. The fourth-order valence-electron chi connectivity index (χ4n) is 2.31. The third-order valence-corrected chi connectivity index (χ3v) is 4.51. The zero-order chi connectivity index (χ0) is 20.5. The Morgan fingerprint density at radius 3 is 2.41 bits per heavy atom. The van der Waals surface area contributed by atoms with Gasteiger partial charge >= 0.3 is 5.97 Å². The van der Waals surface area contributed by atoms with E-state index in [9.17, 15) is 9.59 Å². The van der Waals surface area contributed by atoms with Crippen LogP contribution in [0.2, 0.25) is 0 Å². The van der Waals surface area contributed by atoms with E-state index in [1.807, 2.05) is 48.5 Å². The number of carbonyl (C=O) groups excluding carboxylic acids is 2. The highest BCUT2D eigenvalue weighted by Crippen LogP contribution is 2.22. The van der Waals surface area contributed by atoms with Crippen molar-refractivity contribution in [3.8, 4) is 11.8 Å². The lowest BCUT2D eigenvalue weighted by atomic mass is 10.2. The number of esters is 1. The maximum Gasteiger partial charge on any atom is 0.344 e. The molecule has 146 valence electrons. The molecule has 0 atom stereocenters. The average Bonchev–Trinajstić information content (AvgIpc) is 3.19. The number of rotatable bonds is 8. The Bertz CT molecular complexity index is 1010. The van der Waals surface area contributed by atoms with E-state index in [1.54, 1.807) is 23.6 Å². The van der Waals surface area contributed by atoms with E-state index in [4.69, 9.17) is 14.7 Å². The summed E-state index contributed by atoms with van der Waals surface area (Å²) in [5.41, 5.74) is 2.21. The van der Waals surface area contributed by atoms with Crippen LogP contribution in [0.1, 0.15) is 5.56 Å². The fourth-order valence-corrected chi connectivity index (χ4v) is 3.06. The third-order valence-electron chi connectivity index (χ3n) is 3.68. The first-order valence-corrected chi connectivity index (χ1v) is 9.50. The molecule has 0 radical (unpaired) electrons. The van der Waals surface area contributed by atoms with Crippen molar-refractivity contribution in [3.63, 3.8) is 0 Å². The van der Waals surface area contributed by atoms with Gasteiger partial charge in [-0.1, -0.05) is 18.2 Å². The minimum atomic E-state index is -0.668. The summed E-state index contributed by atoms with van der Waals surface area (Å²) >= 11 is 1.22. The Balaban J connectivity index is 1.40. The third kappa shape index (κ3) is 6.09. The molecule has 0 bridgehead atoms. The van der Waals surface area contributed by atoms with Crippen molar-refractivity contribution >= 4 is 39.6 Å². The Morgan fingerprint density at radius 1 is 0.966 bits per heavy atom. The number of nitrogens with zero attached hydrogens (tertiary/aromatic N) is 1. The molecule has 3 rings (SSSR count). The van der Waals surface area contributed by atoms with Gasteiger partial charge in [0.25, 0.3) is 5.91 Å². The maximum absolute atomic E-state index is 11.8. The number of ether oxygens (including phenoxy) is 2. The summed E-state index contributed by atoms with van der Waals surface area (Å²) in [4.78, 5) is 23.6. The number of hydrogen-bond acceptors (Lipinski definition) is 7. The van der Waals surface area contributed by atoms with Gasteiger partial charge in [-0.25, -0.2) is 4.79 Å². The number of hydrogen-bond donors (Lipinski definition) is 2. The van der Waals surface area contributed by atoms with Crippen LogP contribution in [0.15, 0.2) is 66.0 Å². The minimum absolute atomic E-state index is 0.318. The zero-order valence-corrected chi connectivity index (χ0v) is 16.1. The lowest BCUT2D eigenvalue weighted by Gasteiger charge is -2.09. The molecule has 0 aliphatic rings. The van der Waals surface area contributed by atoms with Crippen LogP contribution in [0, 0.1) is 11.3 Å². The highest BCUT2D eigenvalue weighted by Gasteiger charge is 2.11. The van der Waals surface area contributed by atoms with E-state index >= 15 is 0 Å². The molecule has 0 saturated heterocycles. The van der Waals surface area contributed by atoms with Gasteiger partial charge in [0.05, 0.1) is 5.56 Å². The lowest BCUT2D eigenvalue weighted by molar-refractivity contribution is -0.149. The van der Waals surface area contributed by atoms with E-state index in [0.717, 1.165) is 11.4 Å². The van der Waals surface area contributed by atoms with Crippen LogP contribution in [-0.2, 0) is 14.3 Å². The van der Waals surface area contributed by atoms with Crippen molar-refractivity contribution in [2.24, 2.45) is 0 Å². The molecule has 2 N–H and O–H groups in total. The van der Waals surface area contributed by atoms with Gasteiger partial charge < -0.3 is 20.1 Å². The summed E-state index contributed by atoms with van der Waals surface area (Å²) in [7, 11) is 0. The molecule has 1 aromatic heterocycles. The smallest absolute Gasteiger partial charge is 0.344 e. The highest BCUT2D eigenvalue weighted by atomic mass is 32.1. The largest absolute Gasteiger partial charge is 0.482 e. The topological polar surface area (TPSA) is 100 Å². The number of carbonyl (C=O) groups is 2. The molecule has 3 aromatic rings. The van der Waals surface area contributed by atoms with Crippen LogP contribution in [0.25, 0.3) is 0 Å². The molecular formula is C21H17N3O4S. The van der Waals surface area contributed by atoms with Crippen LogP contribution >= 0.6 is 11.3 Å². The van der Waals surface area contributed by atoms with Gasteiger partial charge in [-0.2, -0.15) is 5.26 Å². The number of para-hydroxylation sites is 1. The van der Waals surface area contributed by atoms with Crippen molar-refractivity contribution in [1.82, 2.24) is 0 Å². The standard InChI is InChI=1S/C21H17N3O4S/c22-12-15-10-11-29-21(15)24-19(25)13-28-20(26)14-27-18-8-6-17(7-9-18)23-16-4-2-1-3-5-16/h1-11,23H,13-14H2,(H,24,25). The van der Waals surface area contributed by atoms with Crippen LogP contribution in [0.5, 0.6) is 5.75 Å². The summed E-state index contributed by atoms with van der Waals surface area (Å²) in [5, 5.41) is 16.8. The molecule has 8 heteroatoms. The molecular weight excluding hydrogens is 390 g/mol. The monoisotopic (exact) mass is 407 g/mol. The zero-order valence-electron chi connectivity index (χ0n) is 15.3. The Kier molecular flexibility index (Phi) is 6.81. The van der Waals surface area contributed by atoms with Gasteiger partial charge in [0, 0.05) is 11.4 Å². The lowest BCUT2D eigenvalue weighted by Crippen LogP contribution is -2.23. The average molecular weight is 407 g/mol. The minimum Gasteiger partial charge on any atom is -0.482 e. The van der Waals surface area contributed by atoms with Gasteiger partial charge in [-0.3, -0.25) is 4.79 Å². The van der Waals surface area contributed by atoms with Crippen molar-refractivity contribution in [2.75, 3.05) is 23.8 Å². The van der Waals surface area contributed by atoms with Crippen LogP contribution in [0.3, 0.4) is 0 Å². The Hall–Kier alpha value is -3.83. The van der Waals surface area contributed by atoms with E-state index in [1.165, 1.54) is 11.3 Å². The summed E-state index contributed by atoms with van der Waals surface area (Å²) in [5.74, 6) is -0.686. The first kappa shape index (κ1) is 19.9.